The number of nitrogens with zero attached hydrogens (tertiary/aromatic N) is 5. The molecular formula is C21H21N5O2S. The van der Waals surface area contributed by atoms with Crippen molar-refractivity contribution in [3.63, 3.8) is 0 Å². The largest absolute Gasteiger partial charge is 0.497 e. The van der Waals surface area contributed by atoms with Gasteiger partial charge in [-0.05, 0) is 62.2 Å². The number of methoxy groups -OCH3 is 1. The van der Waals surface area contributed by atoms with Crippen LogP contribution in [0, 0.1) is 13.8 Å². The van der Waals surface area contributed by atoms with Crippen molar-refractivity contribution in [2.45, 2.75) is 31.2 Å². The SMILES string of the molecule is COc1ccc(-c2nnc([C@@H](C)Sc3nncn3-c3cc(C)ccc3C)o2)cc1. The molecular weight excluding hydrogens is 386 g/mol. The second-order valence-corrected chi connectivity index (χ2v) is 8.02. The number of hydrogen-bond acceptors (Lipinski definition) is 7. The van der Waals surface area contributed by atoms with E-state index >= 15 is 0 Å². The molecule has 0 radical (unpaired) electrons. The maximum atomic E-state index is 5.90. The minimum Gasteiger partial charge on any atom is -0.497 e. The number of ether oxygens (including phenoxy) is 1. The summed E-state index contributed by atoms with van der Waals surface area (Å²) in [5.74, 6) is 1.80. The summed E-state index contributed by atoms with van der Waals surface area (Å²) in [6.45, 7) is 6.16. The van der Waals surface area contributed by atoms with Gasteiger partial charge in [-0.2, -0.15) is 0 Å². The van der Waals surface area contributed by atoms with Crippen LogP contribution in [0.3, 0.4) is 0 Å². The molecule has 0 N–H and O–H groups in total. The van der Waals surface area contributed by atoms with E-state index in [1.54, 1.807) is 13.4 Å². The third-order valence-corrected chi connectivity index (χ3v) is 5.59. The van der Waals surface area contributed by atoms with Gasteiger partial charge < -0.3 is 9.15 Å². The topological polar surface area (TPSA) is 78.9 Å². The molecule has 29 heavy (non-hydrogen) atoms. The van der Waals surface area contributed by atoms with Crippen LogP contribution in [-0.4, -0.2) is 32.1 Å². The van der Waals surface area contributed by atoms with Gasteiger partial charge in [0.25, 0.3) is 0 Å². The second kappa shape index (κ2) is 8.08. The number of benzene rings is 2. The minimum absolute atomic E-state index is 0.0810. The summed E-state index contributed by atoms with van der Waals surface area (Å²) in [5, 5.41) is 17.5. The summed E-state index contributed by atoms with van der Waals surface area (Å²) in [7, 11) is 1.63. The van der Waals surface area contributed by atoms with Gasteiger partial charge in [-0.15, -0.1) is 20.4 Å². The molecule has 4 rings (SSSR count). The number of rotatable bonds is 6. The van der Waals surface area contributed by atoms with Crippen molar-refractivity contribution in [2.24, 2.45) is 0 Å². The van der Waals surface area contributed by atoms with Gasteiger partial charge in [0.1, 0.15) is 12.1 Å². The molecule has 2 aromatic carbocycles. The predicted molar refractivity (Wildman–Crippen MR) is 111 cm³/mol. The van der Waals surface area contributed by atoms with Crippen molar-refractivity contribution in [3.05, 3.63) is 65.8 Å². The molecule has 0 fully saturated rings. The Morgan fingerprint density at radius 1 is 1.03 bits per heavy atom. The van der Waals surface area contributed by atoms with Gasteiger partial charge in [-0.25, -0.2) is 0 Å². The van der Waals surface area contributed by atoms with Crippen molar-refractivity contribution in [1.29, 1.82) is 0 Å². The molecule has 7 nitrogen and oxygen atoms in total. The maximum absolute atomic E-state index is 5.90. The summed E-state index contributed by atoms with van der Waals surface area (Å²) in [6.07, 6.45) is 1.73. The first-order chi connectivity index (χ1) is 14.0. The molecule has 0 saturated carbocycles. The van der Waals surface area contributed by atoms with Crippen LogP contribution in [0.1, 0.15) is 29.2 Å². The zero-order valence-electron chi connectivity index (χ0n) is 16.7. The van der Waals surface area contributed by atoms with Crippen LogP contribution in [-0.2, 0) is 0 Å². The van der Waals surface area contributed by atoms with E-state index in [-0.39, 0.29) is 5.25 Å². The van der Waals surface area contributed by atoms with E-state index < -0.39 is 0 Å². The van der Waals surface area contributed by atoms with Crippen molar-refractivity contribution < 1.29 is 9.15 Å². The molecule has 0 unspecified atom stereocenters. The van der Waals surface area contributed by atoms with Gasteiger partial charge in [0.15, 0.2) is 5.16 Å². The van der Waals surface area contributed by atoms with Crippen molar-refractivity contribution >= 4 is 11.8 Å². The normalized spacial score (nSPS) is 12.1. The van der Waals surface area contributed by atoms with Gasteiger partial charge in [0.05, 0.1) is 18.0 Å². The van der Waals surface area contributed by atoms with Crippen molar-refractivity contribution in [3.8, 4) is 22.9 Å². The molecule has 0 saturated heterocycles. The third kappa shape index (κ3) is 4.02. The first-order valence-electron chi connectivity index (χ1n) is 9.17. The molecule has 0 bridgehead atoms. The smallest absolute Gasteiger partial charge is 0.247 e. The van der Waals surface area contributed by atoms with E-state index in [1.165, 1.54) is 17.3 Å². The van der Waals surface area contributed by atoms with E-state index in [0.29, 0.717) is 11.8 Å². The van der Waals surface area contributed by atoms with Gasteiger partial charge in [0.2, 0.25) is 11.8 Å². The predicted octanol–water partition coefficient (Wildman–Crippen LogP) is 4.80. The highest BCUT2D eigenvalue weighted by molar-refractivity contribution is 7.99. The van der Waals surface area contributed by atoms with Crippen LogP contribution >= 0.6 is 11.8 Å². The summed E-state index contributed by atoms with van der Waals surface area (Å²) < 4.78 is 13.1. The lowest BCUT2D eigenvalue weighted by molar-refractivity contribution is 0.415. The highest BCUT2D eigenvalue weighted by Gasteiger charge is 2.20. The Balaban J connectivity index is 1.55. The number of thioether (sulfide) groups is 1. The second-order valence-electron chi connectivity index (χ2n) is 6.71. The minimum atomic E-state index is -0.0810. The van der Waals surface area contributed by atoms with Gasteiger partial charge in [-0.1, -0.05) is 23.9 Å². The van der Waals surface area contributed by atoms with E-state index in [9.17, 15) is 0 Å². The standard InChI is InChI=1S/C21H21N5O2S/c1-13-5-6-14(2)18(11-13)26-12-22-25-21(26)29-15(3)19-23-24-20(28-19)16-7-9-17(27-4)10-8-16/h5-12,15H,1-4H3/t15-/m1/s1. The van der Waals surface area contributed by atoms with E-state index in [1.807, 2.05) is 35.8 Å². The Kier molecular flexibility index (Phi) is 5.35. The molecule has 0 aliphatic rings. The fourth-order valence-corrected chi connectivity index (χ4v) is 3.77. The molecule has 148 valence electrons. The number of aromatic nitrogens is 5. The Morgan fingerprint density at radius 3 is 2.59 bits per heavy atom. The monoisotopic (exact) mass is 407 g/mol. The highest BCUT2D eigenvalue weighted by Crippen LogP contribution is 2.35. The molecule has 2 heterocycles. The Labute approximate surface area is 173 Å². The molecule has 0 aliphatic heterocycles. The Hall–Kier alpha value is -3.13. The number of hydrogen-bond donors (Lipinski definition) is 0. The fraction of sp³-hybridized carbons (Fsp3) is 0.238. The Morgan fingerprint density at radius 2 is 1.83 bits per heavy atom. The lowest BCUT2D eigenvalue weighted by Gasteiger charge is -2.11. The zero-order chi connectivity index (χ0) is 20.4. The summed E-state index contributed by atoms with van der Waals surface area (Å²) in [5.41, 5.74) is 4.25. The van der Waals surface area contributed by atoms with Gasteiger partial charge in [-0.3, -0.25) is 4.57 Å². The number of aryl methyl sites for hydroxylation is 2. The fourth-order valence-electron chi connectivity index (χ4n) is 2.91. The molecule has 0 amide bonds. The molecule has 0 spiro atoms. The average Bonchev–Trinajstić information content (AvgIpc) is 3.40. The highest BCUT2D eigenvalue weighted by atomic mass is 32.2. The van der Waals surface area contributed by atoms with Crippen LogP contribution in [0.2, 0.25) is 0 Å². The van der Waals surface area contributed by atoms with Crippen LogP contribution in [0.15, 0.2) is 58.4 Å². The van der Waals surface area contributed by atoms with Gasteiger partial charge >= 0.3 is 0 Å². The first kappa shape index (κ1) is 19.2. The molecule has 4 aromatic rings. The van der Waals surface area contributed by atoms with E-state index in [2.05, 4.69) is 52.4 Å². The van der Waals surface area contributed by atoms with Crippen LogP contribution in [0.25, 0.3) is 17.1 Å². The first-order valence-corrected chi connectivity index (χ1v) is 10.0. The summed E-state index contributed by atoms with van der Waals surface area (Å²) in [4.78, 5) is 0. The van der Waals surface area contributed by atoms with Crippen LogP contribution < -0.4 is 4.74 Å². The quantitative estimate of drug-likeness (QED) is 0.425. The maximum Gasteiger partial charge on any atom is 0.247 e. The van der Waals surface area contributed by atoms with E-state index in [0.717, 1.165) is 27.7 Å². The Bertz CT molecular complexity index is 1120. The summed E-state index contributed by atoms with van der Waals surface area (Å²) in [6, 6.07) is 13.8. The van der Waals surface area contributed by atoms with Crippen LogP contribution in [0.5, 0.6) is 5.75 Å². The molecule has 0 aliphatic carbocycles. The molecule has 8 heteroatoms. The third-order valence-electron chi connectivity index (χ3n) is 4.55. The van der Waals surface area contributed by atoms with Gasteiger partial charge in [0, 0.05) is 5.56 Å². The molecule has 1 atom stereocenters. The summed E-state index contributed by atoms with van der Waals surface area (Å²) >= 11 is 1.53. The lowest BCUT2D eigenvalue weighted by atomic mass is 10.1. The van der Waals surface area contributed by atoms with Crippen molar-refractivity contribution in [1.82, 2.24) is 25.0 Å². The zero-order valence-corrected chi connectivity index (χ0v) is 17.5. The average molecular weight is 407 g/mol. The lowest BCUT2D eigenvalue weighted by Crippen LogP contribution is -2.00. The van der Waals surface area contributed by atoms with E-state index in [4.69, 9.17) is 9.15 Å². The molecule has 2 aromatic heterocycles. The van der Waals surface area contributed by atoms with Crippen LogP contribution in [0.4, 0.5) is 0 Å². The van der Waals surface area contributed by atoms with Crippen molar-refractivity contribution in [2.75, 3.05) is 7.11 Å².